The van der Waals surface area contributed by atoms with Crippen LogP contribution < -0.4 is 4.74 Å². The first-order valence-corrected chi connectivity index (χ1v) is 10.8. The summed E-state index contributed by atoms with van der Waals surface area (Å²) in [6.07, 6.45) is 0.500. The fraction of sp³-hybridized carbons (Fsp3) is 0.346. The van der Waals surface area contributed by atoms with E-state index >= 15 is 0 Å². The summed E-state index contributed by atoms with van der Waals surface area (Å²) in [4.78, 5) is 24.6. The lowest BCUT2D eigenvalue weighted by Crippen LogP contribution is -2.21. The molecular weight excluding hydrogens is 438 g/mol. The molecule has 8 heteroatoms. The Labute approximate surface area is 198 Å². The third-order valence-electron chi connectivity index (χ3n) is 5.72. The summed E-state index contributed by atoms with van der Waals surface area (Å²) < 4.78 is 16.1. The molecule has 1 fully saturated rings. The van der Waals surface area contributed by atoms with Gasteiger partial charge in [0.1, 0.15) is 30.3 Å². The summed E-state index contributed by atoms with van der Waals surface area (Å²) >= 11 is 0. The van der Waals surface area contributed by atoms with Crippen LogP contribution in [-0.2, 0) is 19.1 Å². The van der Waals surface area contributed by atoms with E-state index in [0.29, 0.717) is 17.1 Å². The molecule has 0 aliphatic heterocycles. The molecule has 34 heavy (non-hydrogen) atoms. The van der Waals surface area contributed by atoms with Crippen LogP contribution in [-0.4, -0.2) is 41.5 Å². The van der Waals surface area contributed by atoms with Crippen molar-refractivity contribution in [1.29, 1.82) is 5.26 Å². The Morgan fingerprint density at radius 3 is 2.53 bits per heavy atom. The molecule has 0 heterocycles. The molecule has 3 rings (SSSR count). The molecule has 0 amide bonds. The number of carbonyl (C=O) groups is 2. The van der Waals surface area contributed by atoms with Gasteiger partial charge in [-0.05, 0) is 35.6 Å². The van der Waals surface area contributed by atoms with Gasteiger partial charge in [0, 0.05) is 11.6 Å². The summed E-state index contributed by atoms with van der Waals surface area (Å²) in [5.41, 5.74) is 0.0253. The van der Waals surface area contributed by atoms with Gasteiger partial charge in [0.25, 0.3) is 0 Å². The monoisotopic (exact) mass is 465 g/mol. The number of para-hydroxylation sites is 1. The van der Waals surface area contributed by atoms with E-state index in [9.17, 15) is 20.0 Å². The number of aliphatic hydroxyl groups is 2. The zero-order valence-electron chi connectivity index (χ0n) is 19.0. The van der Waals surface area contributed by atoms with Crippen molar-refractivity contribution >= 4 is 11.9 Å². The predicted octanol–water partition coefficient (Wildman–Crippen LogP) is 3.31. The minimum atomic E-state index is -1.14. The Kier molecular flexibility index (Phi) is 8.05. The van der Waals surface area contributed by atoms with Crippen LogP contribution in [0.25, 0.3) is 0 Å². The lowest BCUT2D eigenvalue weighted by Gasteiger charge is -2.13. The SMILES string of the molecule is CC1(C)C(/C=C\C(=O)OCC(O)CO)C1C(=O)O[C@H](C#N)c1cccc(Oc2ccccc2)c1. The zero-order valence-corrected chi connectivity index (χ0v) is 19.0. The van der Waals surface area contributed by atoms with Gasteiger partial charge < -0.3 is 24.4 Å². The van der Waals surface area contributed by atoms with Gasteiger partial charge in [-0.2, -0.15) is 5.26 Å². The van der Waals surface area contributed by atoms with Crippen LogP contribution in [0.5, 0.6) is 11.5 Å². The Bertz CT molecular complexity index is 1070. The number of nitrogens with zero attached hydrogens (tertiary/aromatic N) is 1. The molecule has 2 aromatic carbocycles. The molecule has 2 aromatic rings. The van der Waals surface area contributed by atoms with Crippen LogP contribution in [0, 0.1) is 28.6 Å². The summed E-state index contributed by atoms with van der Waals surface area (Å²) in [7, 11) is 0. The molecule has 2 N–H and O–H groups in total. The van der Waals surface area contributed by atoms with E-state index in [1.54, 1.807) is 30.3 Å². The number of ether oxygens (including phenoxy) is 3. The Morgan fingerprint density at radius 2 is 1.85 bits per heavy atom. The van der Waals surface area contributed by atoms with Gasteiger partial charge in [0.05, 0.1) is 12.5 Å². The van der Waals surface area contributed by atoms with Gasteiger partial charge in [-0.3, -0.25) is 4.79 Å². The number of nitriles is 1. The molecule has 0 aromatic heterocycles. The van der Waals surface area contributed by atoms with Crippen LogP contribution in [0.2, 0.25) is 0 Å². The van der Waals surface area contributed by atoms with E-state index < -0.39 is 42.1 Å². The Balaban J connectivity index is 1.61. The van der Waals surface area contributed by atoms with Crippen LogP contribution in [0.15, 0.2) is 66.7 Å². The minimum Gasteiger partial charge on any atom is -0.460 e. The van der Waals surface area contributed by atoms with Gasteiger partial charge >= 0.3 is 11.9 Å². The molecule has 1 saturated carbocycles. The molecule has 4 atom stereocenters. The first-order valence-electron chi connectivity index (χ1n) is 10.8. The van der Waals surface area contributed by atoms with E-state index in [0.717, 1.165) is 0 Å². The average molecular weight is 466 g/mol. The number of hydrogen-bond donors (Lipinski definition) is 2. The normalized spacial score (nSPS) is 20.1. The van der Waals surface area contributed by atoms with E-state index in [-0.39, 0.29) is 12.5 Å². The molecule has 0 radical (unpaired) electrons. The molecule has 1 aliphatic rings. The number of benzene rings is 2. The first-order chi connectivity index (χ1) is 16.3. The minimum absolute atomic E-state index is 0.276. The maximum absolute atomic E-state index is 12.8. The van der Waals surface area contributed by atoms with Crippen LogP contribution in [0.3, 0.4) is 0 Å². The Hall–Kier alpha value is -3.67. The van der Waals surface area contributed by atoms with E-state index in [2.05, 4.69) is 0 Å². The molecule has 178 valence electrons. The summed E-state index contributed by atoms with van der Waals surface area (Å²) in [6, 6.07) is 18.0. The number of esters is 2. The number of allylic oxidation sites excluding steroid dienone is 1. The lowest BCUT2D eigenvalue weighted by molar-refractivity contribution is -0.149. The molecule has 1 aliphatic carbocycles. The topological polar surface area (TPSA) is 126 Å². The molecule has 0 spiro atoms. The Morgan fingerprint density at radius 1 is 1.15 bits per heavy atom. The van der Waals surface area contributed by atoms with Crippen molar-refractivity contribution in [2.45, 2.75) is 26.1 Å². The maximum atomic E-state index is 12.8. The van der Waals surface area contributed by atoms with Crippen molar-refractivity contribution in [2.24, 2.45) is 17.3 Å². The fourth-order valence-electron chi connectivity index (χ4n) is 3.67. The van der Waals surface area contributed by atoms with Crippen molar-refractivity contribution in [3.05, 3.63) is 72.3 Å². The first kappa shape index (κ1) is 25.0. The van der Waals surface area contributed by atoms with Gasteiger partial charge in [-0.1, -0.05) is 50.3 Å². The highest BCUT2D eigenvalue weighted by Gasteiger charge is 2.61. The van der Waals surface area contributed by atoms with Gasteiger partial charge in [-0.25, -0.2) is 4.79 Å². The van der Waals surface area contributed by atoms with E-state index in [1.807, 2.05) is 50.2 Å². The predicted molar refractivity (Wildman–Crippen MR) is 121 cm³/mol. The van der Waals surface area contributed by atoms with Crippen molar-refractivity contribution < 1.29 is 34.0 Å². The average Bonchev–Trinajstić information content (AvgIpc) is 3.40. The quantitative estimate of drug-likeness (QED) is 0.404. The largest absolute Gasteiger partial charge is 0.460 e. The summed E-state index contributed by atoms with van der Waals surface area (Å²) in [6.45, 7) is 2.90. The molecule has 0 bridgehead atoms. The summed E-state index contributed by atoms with van der Waals surface area (Å²) in [5.74, 6) is -0.875. The number of aliphatic hydroxyl groups excluding tert-OH is 2. The molecule has 3 unspecified atom stereocenters. The third kappa shape index (κ3) is 6.22. The highest BCUT2D eigenvalue weighted by Crippen LogP contribution is 2.59. The van der Waals surface area contributed by atoms with Crippen molar-refractivity contribution in [3.63, 3.8) is 0 Å². The zero-order chi connectivity index (χ0) is 24.7. The van der Waals surface area contributed by atoms with Crippen molar-refractivity contribution in [1.82, 2.24) is 0 Å². The van der Waals surface area contributed by atoms with Crippen molar-refractivity contribution in [2.75, 3.05) is 13.2 Å². The highest BCUT2D eigenvalue weighted by atomic mass is 16.5. The molecular formula is C26H27NO7. The number of rotatable bonds is 10. The van der Waals surface area contributed by atoms with Crippen LogP contribution in [0.4, 0.5) is 0 Å². The second-order valence-corrected chi connectivity index (χ2v) is 8.58. The van der Waals surface area contributed by atoms with Gasteiger partial charge in [0.2, 0.25) is 6.10 Å². The van der Waals surface area contributed by atoms with E-state index in [1.165, 1.54) is 6.08 Å². The molecule has 0 saturated heterocycles. The third-order valence-corrected chi connectivity index (χ3v) is 5.72. The smallest absolute Gasteiger partial charge is 0.330 e. The lowest BCUT2D eigenvalue weighted by atomic mass is 10.1. The van der Waals surface area contributed by atoms with Gasteiger partial charge in [-0.15, -0.1) is 0 Å². The highest BCUT2D eigenvalue weighted by molar-refractivity contribution is 5.83. The number of hydrogen-bond acceptors (Lipinski definition) is 8. The van der Waals surface area contributed by atoms with E-state index in [4.69, 9.17) is 19.3 Å². The summed E-state index contributed by atoms with van der Waals surface area (Å²) in [5, 5.41) is 27.6. The second kappa shape index (κ2) is 11.0. The van der Waals surface area contributed by atoms with Crippen LogP contribution >= 0.6 is 0 Å². The standard InChI is InChI=1S/C26H27NO7/c1-26(2)21(11-12-23(30)32-16-18(29)15-28)24(26)25(31)34-22(14-27)17-7-6-10-20(13-17)33-19-8-4-3-5-9-19/h3-13,18,21-22,24,28-29H,15-16H2,1-2H3/b12-11-/t18?,21?,22-,24?/m1/s1. The van der Waals surface area contributed by atoms with Crippen LogP contribution in [0.1, 0.15) is 25.5 Å². The second-order valence-electron chi connectivity index (χ2n) is 8.58. The molecule has 8 nitrogen and oxygen atoms in total. The van der Waals surface area contributed by atoms with Gasteiger partial charge in [0.15, 0.2) is 0 Å². The fourth-order valence-corrected chi connectivity index (χ4v) is 3.67. The van der Waals surface area contributed by atoms with Crippen molar-refractivity contribution in [3.8, 4) is 17.6 Å². The number of carbonyl (C=O) groups excluding carboxylic acids is 2. The maximum Gasteiger partial charge on any atom is 0.330 e.